The van der Waals surface area contributed by atoms with Gasteiger partial charge in [-0.05, 0) is 12.3 Å². The van der Waals surface area contributed by atoms with Crippen LogP contribution in [0.4, 0.5) is 0 Å². The van der Waals surface area contributed by atoms with Crippen molar-refractivity contribution in [2.75, 3.05) is 6.61 Å². The molecule has 0 saturated heterocycles. The first-order valence-electron chi connectivity index (χ1n) is 3.76. The zero-order valence-electron chi connectivity index (χ0n) is 6.64. The summed E-state index contributed by atoms with van der Waals surface area (Å²) in [5, 5.41) is 16.0. The molecule has 0 aliphatic carbocycles. The van der Waals surface area contributed by atoms with Crippen LogP contribution in [0.15, 0.2) is 12.7 Å². The lowest BCUT2D eigenvalue weighted by atomic mass is 10.1. The largest absolute Gasteiger partial charge is 0.396 e. The number of aliphatic hydroxyl groups is 1. The zero-order chi connectivity index (χ0) is 8.10. The molecule has 0 aliphatic rings. The molecule has 62 valence electrons. The van der Waals surface area contributed by atoms with Crippen LogP contribution in [0.25, 0.3) is 0 Å². The molecule has 0 aliphatic heterocycles. The molecule has 1 N–H and O–H groups in total. The molecule has 0 spiro atoms. The van der Waals surface area contributed by atoms with Gasteiger partial charge < -0.3 is 9.67 Å². The maximum absolute atomic E-state index is 8.62. The SMILES string of the molecule is CC(CCO)Cn1cnnc1. The third kappa shape index (κ3) is 2.67. The fourth-order valence-electron chi connectivity index (χ4n) is 0.988. The summed E-state index contributed by atoms with van der Waals surface area (Å²) in [4.78, 5) is 0. The number of nitrogens with zero attached hydrogens (tertiary/aromatic N) is 3. The lowest BCUT2D eigenvalue weighted by molar-refractivity contribution is 0.254. The maximum Gasteiger partial charge on any atom is 0.119 e. The Labute approximate surface area is 65.9 Å². The van der Waals surface area contributed by atoms with Gasteiger partial charge in [-0.3, -0.25) is 0 Å². The normalized spacial score (nSPS) is 13.3. The molecule has 0 amide bonds. The lowest BCUT2D eigenvalue weighted by Crippen LogP contribution is -2.07. The Balaban J connectivity index is 2.31. The Hall–Kier alpha value is -0.900. The standard InChI is InChI=1S/C7H13N3O/c1-7(2-3-11)4-10-5-8-9-6-10/h5-7,11H,2-4H2,1H3. The minimum atomic E-state index is 0.253. The Morgan fingerprint density at radius 3 is 2.64 bits per heavy atom. The van der Waals surface area contributed by atoms with Crippen molar-refractivity contribution in [2.24, 2.45) is 5.92 Å². The summed E-state index contributed by atoms with van der Waals surface area (Å²) in [5.74, 6) is 0.482. The van der Waals surface area contributed by atoms with Gasteiger partial charge in [-0.1, -0.05) is 6.92 Å². The molecule has 1 rings (SSSR count). The molecule has 1 atom stereocenters. The molecule has 1 unspecified atom stereocenters. The quantitative estimate of drug-likeness (QED) is 0.680. The predicted octanol–water partition coefficient (Wildman–Crippen LogP) is 0.297. The van der Waals surface area contributed by atoms with Crippen LogP contribution in [0, 0.1) is 5.92 Å². The Kier molecular flexibility index (Phi) is 3.04. The fourth-order valence-corrected chi connectivity index (χ4v) is 0.988. The van der Waals surface area contributed by atoms with Gasteiger partial charge in [-0.15, -0.1) is 10.2 Å². The molecular formula is C7H13N3O. The lowest BCUT2D eigenvalue weighted by Gasteiger charge is -2.08. The van der Waals surface area contributed by atoms with Crippen molar-refractivity contribution in [3.05, 3.63) is 12.7 Å². The summed E-state index contributed by atoms with van der Waals surface area (Å²) in [6.45, 7) is 3.23. The minimum Gasteiger partial charge on any atom is -0.396 e. The van der Waals surface area contributed by atoms with Gasteiger partial charge in [0.2, 0.25) is 0 Å². The summed E-state index contributed by atoms with van der Waals surface area (Å²) < 4.78 is 1.92. The molecule has 0 aromatic carbocycles. The number of rotatable bonds is 4. The van der Waals surface area contributed by atoms with E-state index in [0.717, 1.165) is 13.0 Å². The highest BCUT2D eigenvalue weighted by atomic mass is 16.3. The van der Waals surface area contributed by atoms with Gasteiger partial charge in [0, 0.05) is 13.2 Å². The highest BCUT2D eigenvalue weighted by Crippen LogP contribution is 2.03. The number of hydrogen-bond donors (Lipinski definition) is 1. The molecule has 4 nitrogen and oxygen atoms in total. The van der Waals surface area contributed by atoms with E-state index in [-0.39, 0.29) is 6.61 Å². The van der Waals surface area contributed by atoms with Gasteiger partial charge in [0.1, 0.15) is 12.7 Å². The number of aliphatic hydroxyl groups excluding tert-OH is 1. The second kappa shape index (κ2) is 4.08. The smallest absolute Gasteiger partial charge is 0.119 e. The first-order valence-corrected chi connectivity index (χ1v) is 3.76. The topological polar surface area (TPSA) is 50.9 Å². The summed E-state index contributed by atoms with van der Waals surface area (Å²) in [5.41, 5.74) is 0. The highest BCUT2D eigenvalue weighted by Gasteiger charge is 2.01. The Bertz CT molecular complexity index is 186. The maximum atomic E-state index is 8.62. The van der Waals surface area contributed by atoms with Gasteiger partial charge in [0.25, 0.3) is 0 Å². The summed E-state index contributed by atoms with van der Waals surface area (Å²) >= 11 is 0. The highest BCUT2D eigenvalue weighted by molar-refractivity contribution is 4.62. The van der Waals surface area contributed by atoms with Crippen molar-refractivity contribution < 1.29 is 5.11 Å². The second-order valence-corrected chi connectivity index (χ2v) is 2.78. The van der Waals surface area contributed by atoms with E-state index in [2.05, 4.69) is 17.1 Å². The molecule has 1 heterocycles. The van der Waals surface area contributed by atoms with Gasteiger partial charge >= 0.3 is 0 Å². The third-order valence-corrected chi connectivity index (χ3v) is 1.61. The van der Waals surface area contributed by atoms with E-state index in [0.29, 0.717) is 5.92 Å². The summed E-state index contributed by atoms with van der Waals surface area (Å²) in [7, 11) is 0. The van der Waals surface area contributed by atoms with E-state index in [1.807, 2.05) is 4.57 Å². The van der Waals surface area contributed by atoms with Crippen molar-refractivity contribution in [1.29, 1.82) is 0 Å². The van der Waals surface area contributed by atoms with Gasteiger partial charge in [-0.2, -0.15) is 0 Å². The van der Waals surface area contributed by atoms with E-state index in [1.54, 1.807) is 12.7 Å². The molecular weight excluding hydrogens is 142 g/mol. The van der Waals surface area contributed by atoms with Crippen LogP contribution in [-0.4, -0.2) is 26.5 Å². The van der Waals surface area contributed by atoms with E-state index in [4.69, 9.17) is 5.11 Å². The Morgan fingerprint density at radius 1 is 1.45 bits per heavy atom. The average Bonchev–Trinajstić information content (AvgIpc) is 2.40. The van der Waals surface area contributed by atoms with Crippen LogP contribution in [0.3, 0.4) is 0 Å². The predicted molar refractivity (Wildman–Crippen MR) is 40.9 cm³/mol. The van der Waals surface area contributed by atoms with Crippen LogP contribution in [0.5, 0.6) is 0 Å². The van der Waals surface area contributed by atoms with Crippen LogP contribution in [-0.2, 0) is 6.54 Å². The van der Waals surface area contributed by atoms with Gasteiger partial charge in [-0.25, -0.2) is 0 Å². The fraction of sp³-hybridized carbons (Fsp3) is 0.714. The molecule has 0 radical (unpaired) electrons. The molecule has 0 bridgehead atoms. The second-order valence-electron chi connectivity index (χ2n) is 2.78. The third-order valence-electron chi connectivity index (χ3n) is 1.61. The van der Waals surface area contributed by atoms with E-state index >= 15 is 0 Å². The number of hydrogen-bond acceptors (Lipinski definition) is 3. The van der Waals surface area contributed by atoms with E-state index < -0.39 is 0 Å². The van der Waals surface area contributed by atoms with E-state index in [9.17, 15) is 0 Å². The van der Waals surface area contributed by atoms with Crippen LogP contribution >= 0.6 is 0 Å². The van der Waals surface area contributed by atoms with E-state index in [1.165, 1.54) is 0 Å². The van der Waals surface area contributed by atoms with Crippen molar-refractivity contribution in [2.45, 2.75) is 19.9 Å². The minimum absolute atomic E-state index is 0.253. The van der Waals surface area contributed by atoms with Gasteiger partial charge in [0.05, 0.1) is 0 Å². The summed E-state index contributed by atoms with van der Waals surface area (Å²) in [6.07, 6.45) is 4.21. The molecule has 4 heteroatoms. The van der Waals surface area contributed by atoms with Crippen molar-refractivity contribution in [3.63, 3.8) is 0 Å². The molecule has 1 aromatic rings. The van der Waals surface area contributed by atoms with Crippen molar-refractivity contribution in [1.82, 2.24) is 14.8 Å². The molecule has 0 saturated carbocycles. The number of aromatic nitrogens is 3. The first-order chi connectivity index (χ1) is 5.33. The monoisotopic (exact) mass is 155 g/mol. The van der Waals surface area contributed by atoms with Crippen LogP contribution in [0.2, 0.25) is 0 Å². The molecule has 0 fully saturated rings. The van der Waals surface area contributed by atoms with Crippen LogP contribution in [0.1, 0.15) is 13.3 Å². The first kappa shape index (κ1) is 8.20. The van der Waals surface area contributed by atoms with Gasteiger partial charge in [0.15, 0.2) is 0 Å². The van der Waals surface area contributed by atoms with Crippen LogP contribution < -0.4 is 0 Å². The Morgan fingerprint density at radius 2 is 2.09 bits per heavy atom. The zero-order valence-corrected chi connectivity index (χ0v) is 6.64. The average molecular weight is 155 g/mol. The molecule has 11 heavy (non-hydrogen) atoms. The van der Waals surface area contributed by atoms with Crippen molar-refractivity contribution >= 4 is 0 Å². The van der Waals surface area contributed by atoms with Crippen molar-refractivity contribution in [3.8, 4) is 0 Å². The summed E-state index contributed by atoms with van der Waals surface area (Å²) in [6, 6.07) is 0. The molecule has 1 aromatic heterocycles.